The third-order valence-electron chi connectivity index (χ3n) is 2.74. The van der Waals surface area contributed by atoms with Crippen LogP contribution in [-0.4, -0.2) is 43.6 Å². The normalized spacial score (nSPS) is 10.1. The maximum atomic E-state index is 11.6. The van der Waals surface area contributed by atoms with Crippen LogP contribution in [0.15, 0.2) is 36.4 Å². The Morgan fingerprint density at radius 3 is 2.48 bits per heavy atom. The van der Waals surface area contributed by atoms with E-state index in [2.05, 4.69) is 14.8 Å². The Morgan fingerprint density at radius 2 is 1.80 bits per heavy atom. The van der Waals surface area contributed by atoms with Crippen molar-refractivity contribution in [3.8, 4) is 0 Å². The molecular formula is C17H20N2O6. The van der Waals surface area contributed by atoms with Crippen LogP contribution < -0.4 is 10.6 Å². The second-order valence-corrected chi connectivity index (χ2v) is 4.71. The van der Waals surface area contributed by atoms with Crippen LogP contribution in [0.1, 0.15) is 18.9 Å². The third-order valence-corrected chi connectivity index (χ3v) is 2.74. The first-order valence-electron chi connectivity index (χ1n) is 7.64. The zero-order chi connectivity index (χ0) is 18.5. The van der Waals surface area contributed by atoms with Crippen molar-refractivity contribution in [1.29, 1.82) is 0 Å². The van der Waals surface area contributed by atoms with Crippen molar-refractivity contribution in [2.75, 3.05) is 19.8 Å². The minimum atomic E-state index is -0.902. The Labute approximate surface area is 145 Å². The highest BCUT2D eigenvalue weighted by Gasteiger charge is 2.11. The summed E-state index contributed by atoms with van der Waals surface area (Å²) >= 11 is 0. The molecule has 8 nitrogen and oxygen atoms in total. The van der Waals surface area contributed by atoms with Crippen molar-refractivity contribution in [2.45, 2.75) is 13.3 Å². The molecular weight excluding hydrogens is 328 g/mol. The quantitative estimate of drug-likeness (QED) is 0.536. The van der Waals surface area contributed by atoms with Gasteiger partial charge >= 0.3 is 12.1 Å². The van der Waals surface area contributed by atoms with E-state index >= 15 is 0 Å². The molecule has 3 amide bonds. The lowest BCUT2D eigenvalue weighted by Crippen LogP contribution is -2.35. The second kappa shape index (κ2) is 11.4. The van der Waals surface area contributed by atoms with Gasteiger partial charge in [0.2, 0.25) is 5.91 Å². The summed E-state index contributed by atoms with van der Waals surface area (Å²) in [5.74, 6) is -1.82. The van der Waals surface area contributed by atoms with Gasteiger partial charge in [-0.15, -0.1) is 0 Å². The smallest absolute Gasteiger partial charge is 0.413 e. The minimum absolute atomic E-state index is 0.0658. The molecule has 0 aliphatic carbocycles. The summed E-state index contributed by atoms with van der Waals surface area (Å²) in [4.78, 5) is 45.2. The summed E-state index contributed by atoms with van der Waals surface area (Å²) in [6, 6.07) is 9.28. The molecule has 1 rings (SSSR count). The summed E-state index contributed by atoms with van der Waals surface area (Å²) in [7, 11) is 0. The first kappa shape index (κ1) is 19.9. The van der Waals surface area contributed by atoms with Crippen LogP contribution in [-0.2, 0) is 23.9 Å². The van der Waals surface area contributed by atoms with Gasteiger partial charge in [0, 0.05) is 12.6 Å². The van der Waals surface area contributed by atoms with E-state index in [9.17, 15) is 19.2 Å². The second-order valence-electron chi connectivity index (χ2n) is 4.71. The van der Waals surface area contributed by atoms with Crippen LogP contribution >= 0.6 is 0 Å². The van der Waals surface area contributed by atoms with E-state index in [1.165, 1.54) is 6.08 Å². The molecule has 1 aromatic rings. The van der Waals surface area contributed by atoms with Gasteiger partial charge in [0.25, 0.3) is 5.91 Å². The van der Waals surface area contributed by atoms with E-state index in [0.717, 1.165) is 5.56 Å². The summed E-state index contributed by atoms with van der Waals surface area (Å²) in [6.45, 7) is 1.18. The van der Waals surface area contributed by atoms with Crippen LogP contribution in [0.2, 0.25) is 0 Å². The van der Waals surface area contributed by atoms with E-state index in [-0.39, 0.29) is 25.5 Å². The van der Waals surface area contributed by atoms with Crippen molar-refractivity contribution in [3.05, 3.63) is 42.0 Å². The SMILES string of the molecule is CCOC(=O)NC(=O)COC(=O)CCNC(=O)/C=C/c1ccccc1. The number of hydrogen-bond acceptors (Lipinski definition) is 6. The molecule has 1 aromatic carbocycles. The predicted molar refractivity (Wildman–Crippen MR) is 89.2 cm³/mol. The maximum Gasteiger partial charge on any atom is 0.413 e. The first-order chi connectivity index (χ1) is 12.0. The molecule has 0 aliphatic rings. The van der Waals surface area contributed by atoms with Crippen LogP contribution in [0.4, 0.5) is 4.79 Å². The van der Waals surface area contributed by atoms with E-state index in [1.54, 1.807) is 13.0 Å². The molecule has 0 aliphatic heterocycles. The average molecular weight is 348 g/mol. The fourth-order valence-corrected chi connectivity index (χ4v) is 1.62. The van der Waals surface area contributed by atoms with Gasteiger partial charge in [-0.1, -0.05) is 30.3 Å². The lowest BCUT2D eigenvalue weighted by Gasteiger charge is -2.06. The Bertz CT molecular complexity index is 627. The Balaban J connectivity index is 2.17. The van der Waals surface area contributed by atoms with E-state index < -0.39 is 24.6 Å². The highest BCUT2D eigenvalue weighted by atomic mass is 16.6. The van der Waals surface area contributed by atoms with Crippen LogP contribution in [0.3, 0.4) is 0 Å². The van der Waals surface area contributed by atoms with Crippen molar-refractivity contribution >= 4 is 30.0 Å². The number of imide groups is 1. The third kappa shape index (κ3) is 9.54. The molecule has 134 valence electrons. The predicted octanol–water partition coefficient (Wildman–Crippen LogP) is 1.02. The number of carbonyl (C=O) groups is 4. The van der Waals surface area contributed by atoms with Crippen LogP contribution in [0.25, 0.3) is 6.08 Å². The average Bonchev–Trinajstić information content (AvgIpc) is 2.59. The van der Waals surface area contributed by atoms with Gasteiger partial charge in [-0.25, -0.2) is 4.79 Å². The van der Waals surface area contributed by atoms with Gasteiger partial charge in [0.05, 0.1) is 13.0 Å². The molecule has 0 saturated carbocycles. The Morgan fingerprint density at radius 1 is 1.08 bits per heavy atom. The molecule has 8 heteroatoms. The molecule has 0 aromatic heterocycles. The Kier molecular flexibility index (Phi) is 9.06. The zero-order valence-electron chi connectivity index (χ0n) is 13.8. The number of amides is 3. The molecule has 0 bridgehead atoms. The van der Waals surface area contributed by atoms with Gasteiger partial charge in [0.15, 0.2) is 6.61 Å². The van der Waals surface area contributed by atoms with Crippen LogP contribution in [0.5, 0.6) is 0 Å². The van der Waals surface area contributed by atoms with E-state index in [4.69, 9.17) is 0 Å². The van der Waals surface area contributed by atoms with Gasteiger partial charge < -0.3 is 14.8 Å². The maximum absolute atomic E-state index is 11.6. The van der Waals surface area contributed by atoms with Crippen molar-refractivity contribution in [3.63, 3.8) is 0 Å². The number of benzene rings is 1. The molecule has 0 heterocycles. The number of rotatable bonds is 8. The Hall–Kier alpha value is -3.16. The molecule has 0 spiro atoms. The molecule has 0 saturated heterocycles. The first-order valence-corrected chi connectivity index (χ1v) is 7.64. The van der Waals surface area contributed by atoms with Crippen LogP contribution in [0, 0.1) is 0 Å². The summed E-state index contributed by atoms with van der Waals surface area (Å²) < 4.78 is 9.17. The fraction of sp³-hybridized carbons (Fsp3) is 0.294. The van der Waals surface area contributed by atoms with Gasteiger partial charge in [-0.05, 0) is 18.6 Å². The number of esters is 1. The summed E-state index contributed by atoms with van der Waals surface area (Å²) in [5, 5.41) is 4.41. The summed E-state index contributed by atoms with van der Waals surface area (Å²) in [5.41, 5.74) is 0.879. The number of alkyl carbamates (subject to hydrolysis) is 1. The van der Waals surface area contributed by atoms with Crippen molar-refractivity contribution in [1.82, 2.24) is 10.6 Å². The molecule has 0 radical (unpaired) electrons. The lowest BCUT2D eigenvalue weighted by molar-refractivity contribution is -0.148. The van der Waals surface area contributed by atoms with Crippen molar-refractivity contribution < 1.29 is 28.7 Å². The highest BCUT2D eigenvalue weighted by molar-refractivity contribution is 5.93. The minimum Gasteiger partial charge on any atom is -0.456 e. The molecule has 0 fully saturated rings. The standard InChI is InChI=1S/C17H20N2O6/c1-2-24-17(23)19-15(21)12-25-16(22)10-11-18-14(20)9-8-13-6-4-3-5-7-13/h3-9H,2,10-12H2,1H3,(H,18,20)(H,19,21,23)/b9-8+. The number of ether oxygens (including phenoxy) is 2. The molecule has 2 N–H and O–H groups in total. The monoisotopic (exact) mass is 348 g/mol. The number of nitrogens with one attached hydrogen (secondary N) is 2. The number of hydrogen-bond donors (Lipinski definition) is 2. The van der Waals surface area contributed by atoms with Gasteiger partial charge in [-0.2, -0.15) is 0 Å². The van der Waals surface area contributed by atoms with E-state index in [0.29, 0.717) is 0 Å². The lowest BCUT2D eigenvalue weighted by atomic mass is 10.2. The van der Waals surface area contributed by atoms with Crippen molar-refractivity contribution in [2.24, 2.45) is 0 Å². The summed E-state index contributed by atoms with van der Waals surface area (Å²) in [6.07, 6.45) is 2.00. The topological polar surface area (TPSA) is 111 Å². The van der Waals surface area contributed by atoms with Gasteiger partial charge in [-0.3, -0.25) is 19.7 Å². The largest absolute Gasteiger partial charge is 0.456 e. The highest BCUT2D eigenvalue weighted by Crippen LogP contribution is 2.00. The van der Waals surface area contributed by atoms with Gasteiger partial charge in [0.1, 0.15) is 0 Å². The molecule has 0 unspecified atom stereocenters. The number of carbonyl (C=O) groups excluding carboxylic acids is 4. The molecule has 0 atom stereocenters. The van der Waals surface area contributed by atoms with E-state index in [1.807, 2.05) is 35.6 Å². The molecule has 25 heavy (non-hydrogen) atoms. The fourth-order valence-electron chi connectivity index (χ4n) is 1.62. The zero-order valence-corrected chi connectivity index (χ0v) is 13.8.